The number of ether oxygens (including phenoxy) is 1. The number of fused-ring (bicyclic) bond motifs is 1. The number of nitrogens with one attached hydrogen (secondary N) is 1. The lowest BCUT2D eigenvalue weighted by atomic mass is 9.86. The number of amides is 1. The maximum absolute atomic E-state index is 13.1. The third-order valence-corrected chi connectivity index (χ3v) is 5.47. The predicted octanol–water partition coefficient (Wildman–Crippen LogP) is 6.32. The van der Waals surface area contributed by atoms with E-state index in [0.717, 1.165) is 12.1 Å². The molecule has 0 fully saturated rings. The van der Waals surface area contributed by atoms with Crippen LogP contribution in [0.2, 0.25) is 5.02 Å². The highest BCUT2D eigenvalue weighted by Gasteiger charge is 2.34. The zero-order valence-electron chi connectivity index (χ0n) is 18.7. The smallest absolute Gasteiger partial charge is 0.416 e. The third kappa shape index (κ3) is 5.80. The van der Waals surface area contributed by atoms with Crippen LogP contribution in [-0.2, 0) is 17.6 Å². The molecule has 1 unspecified atom stereocenters. The van der Waals surface area contributed by atoms with Crippen molar-refractivity contribution >= 4 is 34.2 Å². The molecule has 3 rings (SSSR count). The van der Waals surface area contributed by atoms with Crippen LogP contribution in [0.15, 0.2) is 54.6 Å². The van der Waals surface area contributed by atoms with Crippen LogP contribution >= 0.6 is 11.6 Å². The topological polar surface area (TPSA) is 75.6 Å². The van der Waals surface area contributed by atoms with E-state index in [4.69, 9.17) is 16.3 Å². The molecule has 0 aromatic heterocycles. The molecule has 0 radical (unpaired) electrons. The number of hydrogen-bond donors (Lipinski definition) is 2. The van der Waals surface area contributed by atoms with Gasteiger partial charge in [0.1, 0.15) is 18.4 Å². The Bertz CT molecular complexity index is 1220. The Labute approximate surface area is 199 Å². The van der Waals surface area contributed by atoms with E-state index in [-0.39, 0.29) is 17.9 Å². The molecule has 0 saturated heterocycles. The number of alkyl halides is 3. The molecule has 1 amide bonds. The maximum atomic E-state index is 13.1. The van der Waals surface area contributed by atoms with Crippen LogP contribution in [0.3, 0.4) is 0 Å². The number of aliphatic carboxylic acids is 1. The highest BCUT2D eigenvalue weighted by atomic mass is 35.5. The summed E-state index contributed by atoms with van der Waals surface area (Å²) in [6, 6.07) is 11.5. The van der Waals surface area contributed by atoms with Gasteiger partial charge in [0, 0.05) is 10.4 Å². The van der Waals surface area contributed by atoms with Gasteiger partial charge in [0.25, 0.3) is 5.91 Å². The Balaban J connectivity index is 1.98. The van der Waals surface area contributed by atoms with Crippen molar-refractivity contribution < 1.29 is 32.6 Å². The van der Waals surface area contributed by atoms with Gasteiger partial charge in [0.15, 0.2) is 0 Å². The van der Waals surface area contributed by atoms with Crippen molar-refractivity contribution in [2.24, 2.45) is 5.41 Å². The van der Waals surface area contributed by atoms with Gasteiger partial charge in [-0.1, -0.05) is 56.6 Å². The molecule has 0 aliphatic rings. The molecular weight excluding hydrogens is 471 g/mol. The first kappa shape index (κ1) is 25.4. The summed E-state index contributed by atoms with van der Waals surface area (Å²) in [5, 5.41) is 13.7. The van der Waals surface area contributed by atoms with Crippen LogP contribution < -0.4 is 10.1 Å². The maximum Gasteiger partial charge on any atom is 0.416 e. The largest absolute Gasteiger partial charge is 0.487 e. The zero-order chi connectivity index (χ0) is 25.3. The highest BCUT2D eigenvalue weighted by molar-refractivity contribution is 6.31. The van der Waals surface area contributed by atoms with Crippen molar-refractivity contribution in [3.05, 3.63) is 76.3 Å². The zero-order valence-corrected chi connectivity index (χ0v) is 19.4. The van der Waals surface area contributed by atoms with Gasteiger partial charge < -0.3 is 15.2 Å². The molecule has 5 nitrogen and oxygen atoms in total. The molecule has 1 atom stereocenters. The molecule has 0 spiro atoms. The quantitative estimate of drug-likeness (QED) is 0.421. The van der Waals surface area contributed by atoms with Gasteiger partial charge in [-0.05, 0) is 46.7 Å². The number of carbonyl (C=O) groups excluding carboxylic acids is 1. The third-order valence-electron chi connectivity index (χ3n) is 5.23. The number of halogens is 4. The Morgan fingerprint density at radius 2 is 1.65 bits per heavy atom. The summed E-state index contributed by atoms with van der Waals surface area (Å²) in [6.07, 6.45) is -4.45. The van der Waals surface area contributed by atoms with E-state index in [1.165, 1.54) is 18.2 Å². The summed E-state index contributed by atoms with van der Waals surface area (Å²) in [6.45, 7) is 4.95. The van der Waals surface area contributed by atoms with Gasteiger partial charge in [-0.15, -0.1) is 0 Å². The Kier molecular flexibility index (Phi) is 7.12. The summed E-state index contributed by atoms with van der Waals surface area (Å²) >= 11 is 6.15. The fourth-order valence-electron chi connectivity index (χ4n) is 3.40. The molecular formula is C25H23ClF3NO4. The summed E-state index contributed by atoms with van der Waals surface area (Å²) in [5.41, 5.74) is -1.01. The van der Waals surface area contributed by atoms with E-state index >= 15 is 0 Å². The van der Waals surface area contributed by atoms with E-state index in [2.05, 4.69) is 5.32 Å². The molecule has 0 aliphatic carbocycles. The summed E-state index contributed by atoms with van der Waals surface area (Å²) in [4.78, 5) is 24.8. The standard InChI is InChI=1S/C25H23ClF3NO4/c1-24(2,3)21(23(32)33)30-22(31)18-11-7-15-6-10-17(26)12-19(15)20(18)34-13-14-4-8-16(9-5-14)25(27,28)29/h4-12,21H,13H2,1-3H3,(H,30,31)(H,32,33). The van der Waals surface area contributed by atoms with Crippen LogP contribution in [0.25, 0.3) is 10.8 Å². The predicted molar refractivity (Wildman–Crippen MR) is 123 cm³/mol. The molecule has 34 heavy (non-hydrogen) atoms. The number of hydrogen-bond acceptors (Lipinski definition) is 3. The highest BCUT2D eigenvalue weighted by Crippen LogP contribution is 2.34. The van der Waals surface area contributed by atoms with Crippen molar-refractivity contribution in [3.63, 3.8) is 0 Å². The summed E-state index contributed by atoms with van der Waals surface area (Å²) in [5.74, 6) is -1.70. The summed E-state index contributed by atoms with van der Waals surface area (Å²) in [7, 11) is 0. The van der Waals surface area contributed by atoms with Gasteiger partial charge in [0.2, 0.25) is 0 Å². The number of carboxylic acid groups (broad SMARTS) is 1. The summed E-state index contributed by atoms with van der Waals surface area (Å²) < 4.78 is 44.4. The van der Waals surface area contributed by atoms with E-state index in [9.17, 15) is 27.9 Å². The number of carbonyl (C=O) groups is 2. The molecule has 180 valence electrons. The number of carboxylic acids is 1. The molecule has 0 heterocycles. The van der Waals surface area contributed by atoms with E-state index < -0.39 is 35.1 Å². The first-order valence-corrected chi connectivity index (χ1v) is 10.7. The van der Waals surface area contributed by atoms with Crippen LogP contribution in [0, 0.1) is 5.41 Å². The van der Waals surface area contributed by atoms with E-state index in [1.807, 2.05) is 0 Å². The van der Waals surface area contributed by atoms with Gasteiger partial charge >= 0.3 is 12.1 Å². The van der Waals surface area contributed by atoms with E-state index in [1.54, 1.807) is 45.0 Å². The molecule has 3 aromatic carbocycles. The van der Waals surface area contributed by atoms with Crippen molar-refractivity contribution in [1.29, 1.82) is 0 Å². The van der Waals surface area contributed by atoms with Crippen molar-refractivity contribution in [2.75, 3.05) is 0 Å². The fraction of sp³-hybridized carbons (Fsp3) is 0.280. The lowest BCUT2D eigenvalue weighted by molar-refractivity contribution is -0.142. The molecule has 2 N–H and O–H groups in total. The van der Waals surface area contributed by atoms with E-state index in [0.29, 0.717) is 21.4 Å². The molecule has 0 aliphatic heterocycles. The van der Waals surface area contributed by atoms with Gasteiger partial charge in [-0.25, -0.2) is 4.79 Å². The molecule has 3 aromatic rings. The first-order chi connectivity index (χ1) is 15.8. The molecule has 9 heteroatoms. The monoisotopic (exact) mass is 493 g/mol. The van der Waals surface area contributed by atoms with Crippen molar-refractivity contribution in [2.45, 2.75) is 39.6 Å². The average Bonchev–Trinajstić information content (AvgIpc) is 2.74. The minimum Gasteiger partial charge on any atom is -0.487 e. The Morgan fingerprint density at radius 1 is 1.03 bits per heavy atom. The van der Waals surface area contributed by atoms with Gasteiger partial charge in [0.05, 0.1) is 11.1 Å². The lowest BCUT2D eigenvalue weighted by Gasteiger charge is -2.28. The lowest BCUT2D eigenvalue weighted by Crippen LogP contribution is -2.49. The first-order valence-electron chi connectivity index (χ1n) is 10.3. The second-order valence-electron chi connectivity index (χ2n) is 8.90. The molecule has 0 bridgehead atoms. The number of benzene rings is 3. The van der Waals surface area contributed by atoms with Crippen LogP contribution in [-0.4, -0.2) is 23.0 Å². The minimum atomic E-state index is -4.45. The van der Waals surface area contributed by atoms with Gasteiger partial charge in [-0.2, -0.15) is 13.2 Å². The number of rotatable bonds is 6. The average molecular weight is 494 g/mol. The molecule has 0 saturated carbocycles. The van der Waals surface area contributed by atoms with Crippen molar-refractivity contribution in [3.8, 4) is 5.75 Å². The van der Waals surface area contributed by atoms with Crippen LogP contribution in [0.1, 0.15) is 42.3 Å². The Hall–Kier alpha value is -3.26. The van der Waals surface area contributed by atoms with Gasteiger partial charge in [-0.3, -0.25) is 4.79 Å². The van der Waals surface area contributed by atoms with Crippen LogP contribution in [0.5, 0.6) is 5.75 Å². The van der Waals surface area contributed by atoms with Crippen LogP contribution in [0.4, 0.5) is 13.2 Å². The fourth-order valence-corrected chi connectivity index (χ4v) is 3.57. The minimum absolute atomic E-state index is 0.0807. The second-order valence-corrected chi connectivity index (χ2v) is 9.34. The van der Waals surface area contributed by atoms with Crippen molar-refractivity contribution in [1.82, 2.24) is 5.32 Å². The Morgan fingerprint density at radius 3 is 2.21 bits per heavy atom. The SMILES string of the molecule is CC(C)(C)C(NC(=O)c1ccc2ccc(Cl)cc2c1OCc1ccc(C(F)(F)F)cc1)C(=O)O. The second kappa shape index (κ2) is 9.54. The normalized spacial score (nSPS) is 12.9.